The monoisotopic (exact) mass is 399 g/mol. The number of aliphatic imine (C=N–C) groups is 1. The molecule has 2 saturated heterocycles. The van der Waals surface area contributed by atoms with Gasteiger partial charge in [-0.15, -0.1) is 0 Å². The van der Waals surface area contributed by atoms with Crippen LogP contribution in [0.1, 0.15) is 43.7 Å². The van der Waals surface area contributed by atoms with Crippen LogP contribution in [0.4, 0.5) is 0 Å². The lowest BCUT2D eigenvalue weighted by Crippen LogP contribution is -2.44. The van der Waals surface area contributed by atoms with Gasteiger partial charge in [0.25, 0.3) is 0 Å². The summed E-state index contributed by atoms with van der Waals surface area (Å²) in [5, 5.41) is 7.17. The summed E-state index contributed by atoms with van der Waals surface area (Å²) in [5.41, 5.74) is 1.26. The molecule has 2 unspecified atom stereocenters. The summed E-state index contributed by atoms with van der Waals surface area (Å²) in [6, 6.07) is 9.61. The first-order valence-corrected chi connectivity index (χ1v) is 11.3. The van der Waals surface area contributed by atoms with Gasteiger partial charge in [0.05, 0.1) is 13.2 Å². The number of hydrogen-bond donors (Lipinski definition) is 2. The third kappa shape index (κ3) is 5.23. The van der Waals surface area contributed by atoms with Gasteiger partial charge in [0.15, 0.2) is 5.96 Å². The van der Waals surface area contributed by atoms with E-state index in [1.807, 2.05) is 13.1 Å². The molecule has 2 heterocycles. The van der Waals surface area contributed by atoms with Gasteiger partial charge < -0.3 is 20.3 Å². The van der Waals surface area contributed by atoms with E-state index >= 15 is 0 Å². The van der Waals surface area contributed by atoms with Gasteiger partial charge in [0, 0.05) is 38.3 Å². The van der Waals surface area contributed by atoms with Crippen LogP contribution >= 0.6 is 0 Å². The molecule has 1 aliphatic carbocycles. The number of nitrogens with one attached hydrogen (secondary N) is 2. The topological polar surface area (TPSA) is 52.1 Å². The van der Waals surface area contributed by atoms with Crippen molar-refractivity contribution in [3.05, 3.63) is 29.8 Å². The number of benzene rings is 1. The summed E-state index contributed by atoms with van der Waals surface area (Å²) < 4.78 is 5.66. The first-order valence-electron chi connectivity index (χ1n) is 11.3. The highest BCUT2D eigenvalue weighted by molar-refractivity contribution is 5.79. The molecule has 160 valence electrons. The van der Waals surface area contributed by atoms with Gasteiger partial charge in [-0.25, -0.2) is 0 Å². The highest BCUT2D eigenvalue weighted by atomic mass is 16.5. The van der Waals surface area contributed by atoms with Crippen molar-refractivity contribution in [3.63, 3.8) is 0 Å². The fraction of sp³-hybridized carbons (Fsp3) is 0.696. The van der Waals surface area contributed by atoms with Crippen LogP contribution in [-0.4, -0.2) is 75.2 Å². The molecular weight excluding hydrogens is 362 g/mol. The Bertz CT molecular complexity index is 684. The highest BCUT2D eigenvalue weighted by Crippen LogP contribution is 2.32. The van der Waals surface area contributed by atoms with Gasteiger partial charge in [-0.2, -0.15) is 0 Å². The second-order valence-corrected chi connectivity index (χ2v) is 8.72. The Balaban J connectivity index is 1.33. The van der Waals surface area contributed by atoms with Crippen LogP contribution in [0.25, 0.3) is 0 Å². The number of likely N-dealkylation sites (tertiary alicyclic amines) is 2. The fourth-order valence-electron chi connectivity index (χ4n) is 4.89. The van der Waals surface area contributed by atoms with Gasteiger partial charge in [0.1, 0.15) is 5.75 Å². The van der Waals surface area contributed by atoms with Crippen molar-refractivity contribution >= 4 is 5.96 Å². The van der Waals surface area contributed by atoms with Gasteiger partial charge in [-0.1, -0.05) is 18.2 Å². The first kappa shape index (κ1) is 20.5. The van der Waals surface area contributed by atoms with E-state index in [0.29, 0.717) is 6.04 Å². The minimum absolute atomic E-state index is 0.295. The van der Waals surface area contributed by atoms with E-state index in [1.165, 1.54) is 50.8 Å². The molecule has 0 spiro atoms. The molecule has 1 aromatic rings. The zero-order chi connectivity index (χ0) is 20.1. The molecule has 2 N–H and O–H groups in total. The SMILES string of the molecule is CN=C(NCC1CCN(C2CC2)C1)NCC(c1ccccc1OC)N1CCCC1. The first-order chi connectivity index (χ1) is 14.3. The van der Waals surface area contributed by atoms with Crippen LogP contribution in [0.3, 0.4) is 0 Å². The number of hydrogen-bond acceptors (Lipinski definition) is 4. The standard InChI is InChI=1S/C23H37N5O/c1-24-23(25-15-18-11-14-28(17-18)19-9-10-19)26-16-21(27-12-5-6-13-27)20-7-3-4-8-22(20)29-2/h3-4,7-8,18-19,21H,5-6,9-17H2,1-2H3,(H2,24,25,26). The molecule has 29 heavy (non-hydrogen) atoms. The van der Waals surface area contributed by atoms with Gasteiger partial charge in [-0.3, -0.25) is 9.89 Å². The lowest BCUT2D eigenvalue weighted by Gasteiger charge is -2.30. The van der Waals surface area contributed by atoms with Gasteiger partial charge >= 0.3 is 0 Å². The Kier molecular flexibility index (Phi) is 6.93. The number of nitrogens with zero attached hydrogens (tertiary/aromatic N) is 3. The molecule has 6 heteroatoms. The maximum Gasteiger partial charge on any atom is 0.191 e. The lowest BCUT2D eigenvalue weighted by atomic mass is 10.0. The van der Waals surface area contributed by atoms with Crippen molar-refractivity contribution < 1.29 is 4.74 Å². The Morgan fingerprint density at radius 2 is 1.93 bits per heavy atom. The van der Waals surface area contributed by atoms with Gasteiger partial charge in [-0.05, 0) is 63.7 Å². The molecule has 0 bridgehead atoms. The number of rotatable bonds is 8. The number of methoxy groups -OCH3 is 1. The van der Waals surface area contributed by atoms with E-state index in [-0.39, 0.29) is 0 Å². The van der Waals surface area contributed by atoms with E-state index in [4.69, 9.17) is 4.74 Å². The second-order valence-electron chi connectivity index (χ2n) is 8.72. The zero-order valence-electron chi connectivity index (χ0n) is 18.1. The van der Waals surface area contributed by atoms with Crippen molar-refractivity contribution in [1.82, 2.24) is 20.4 Å². The predicted octanol–water partition coefficient (Wildman–Crippen LogP) is 2.48. The van der Waals surface area contributed by atoms with E-state index in [2.05, 4.69) is 43.6 Å². The quantitative estimate of drug-likeness (QED) is 0.520. The Morgan fingerprint density at radius 1 is 1.14 bits per heavy atom. The highest BCUT2D eigenvalue weighted by Gasteiger charge is 2.34. The van der Waals surface area contributed by atoms with Crippen molar-refractivity contribution in [2.75, 3.05) is 53.4 Å². The molecule has 4 rings (SSSR count). The van der Waals surface area contributed by atoms with E-state index in [9.17, 15) is 0 Å². The third-order valence-electron chi connectivity index (χ3n) is 6.70. The van der Waals surface area contributed by atoms with E-state index in [1.54, 1.807) is 7.11 Å². The van der Waals surface area contributed by atoms with E-state index in [0.717, 1.165) is 49.8 Å². The molecule has 0 aromatic heterocycles. The molecule has 0 radical (unpaired) electrons. The number of para-hydroxylation sites is 1. The second kappa shape index (κ2) is 9.81. The average molecular weight is 400 g/mol. The maximum atomic E-state index is 5.66. The molecule has 6 nitrogen and oxygen atoms in total. The summed E-state index contributed by atoms with van der Waals surface area (Å²) in [6.07, 6.45) is 6.67. The minimum Gasteiger partial charge on any atom is -0.496 e. The molecule has 2 atom stereocenters. The number of ether oxygens (including phenoxy) is 1. The largest absolute Gasteiger partial charge is 0.496 e. The minimum atomic E-state index is 0.295. The fourth-order valence-corrected chi connectivity index (χ4v) is 4.89. The molecule has 1 aromatic carbocycles. The number of guanidine groups is 1. The van der Waals surface area contributed by atoms with Crippen LogP contribution in [0.2, 0.25) is 0 Å². The van der Waals surface area contributed by atoms with Gasteiger partial charge in [0.2, 0.25) is 0 Å². The van der Waals surface area contributed by atoms with Crippen molar-refractivity contribution in [3.8, 4) is 5.75 Å². The van der Waals surface area contributed by atoms with Crippen molar-refractivity contribution in [2.45, 2.75) is 44.2 Å². The smallest absolute Gasteiger partial charge is 0.191 e. The molecule has 3 fully saturated rings. The van der Waals surface area contributed by atoms with Crippen LogP contribution < -0.4 is 15.4 Å². The Labute approximate surface area is 175 Å². The summed E-state index contributed by atoms with van der Waals surface area (Å²) in [5.74, 6) is 2.62. The molecule has 1 saturated carbocycles. The Morgan fingerprint density at radius 3 is 2.66 bits per heavy atom. The molecular formula is C23H37N5O. The molecule has 0 amide bonds. The normalized spacial score (nSPS) is 24.6. The predicted molar refractivity (Wildman–Crippen MR) is 119 cm³/mol. The Hall–Kier alpha value is -1.79. The van der Waals surface area contributed by atoms with Crippen LogP contribution in [0, 0.1) is 5.92 Å². The summed E-state index contributed by atoms with van der Waals surface area (Å²) >= 11 is 0. The van der Waals surface area contributed by atoms with Crippen molar-refractivity contribution in [1.29, 1.82) is 0 Å². The lowest BCUT2D eigenvalue weighted by molar-refractivity contribution is 0.239. The van der Waals surface area contributed by atoms with Crippen LogP contribution in [-0.2, 0) is 0 Å². The van der Waals surface area contributed by atoms with Crippen LogP contribution in [0.5, 0.6) is 5.75 Å². The summed E-state index contributed by atoms with van der Waals surface area (Å²) in [6.45, 7) is 6.65. The average Bonchev–Trinajstić information content (AvgIpc) is 3.26. The molecule has 2 aliphatic heterocycles. The molecule has 3 aliphatic rings. The maximum absolute atomic E-state index is 5.66. The van der Waals surface area contributed by atoms with Crippen LogP contribution in [0.15, 0.2) is 29.3 Å². The third-order valence-corrected chi connectivity index (χ3v) is 6.70. The van der Waals surface area contributed by atoms with E-state index < -0.39 is 0 Å². The summed E-state index contributed by atoms with van der Waals surface area (Å²) in [4.78, 5) is 9.73. The zero-order valence-corrected chi connectivity index (χ0v) is 18.1. The summed E-state index contributed by atoms with van der Waals surface area (Å²) in [7, 11) is 3.63. The van der Waals surface area contributed by atoms with Crippen molar-refractivity contribution in [2.24, 2.45) is 10.9 Å².